The molecule has 0 saturated heterocycles. The predicted molar refractivity (Wildman–Crippen MR) is 62.5 cm³/mol. The number of aromatic nitrogens is 1. The van der Waals surface area contributed by atoms with E-state index in [9.17, 15) is 5.11 Å². The Bertz CT molecular complexity index is 484. The van der Waals surface area contributed by atoms with Gasteiger partial charge < -0.3 is 9.67 Å². The Morgan fingerprint density at radius 2 is 1.87 bits per heavy atom. The summed E-state index contributed by atoms with van der Waals surface area (Å²) < 4.78 is 1.58. The zero-order valence-corrected chi connectivity index (χ0v) is 9.68. The summed E-state index contributed by atoms with van der Waals surface area (Å²) in [6.07, 6.45) is 1.71. The van der Waals surface area contributed by atoms with E-state index in [1.165, 1.54) is 6.07 Å². The lowest BCUT2D eigenvalue weighted by Gasteiger charge is -2.10. The van der Waals surface area contributed by atoms with Crippen LogP contribution in [0.5, 0.6) is 5.75 Å². The fraction of sp³-hybridized carbons (Fsp3) is 0. The molecule has 2 aromatic rings. The first kappa shape index (κ1) is 10.7. The molecule has 0 radical (unpaired) electrons. The molecule has 0 aliphatic carbocycles. The van der Waals surface area contributed by atoms with E-state index in [4.69, 9.17) is 34.8 Å². The van der Waals surface area contributed by atoms with Crippen molar-refractivity contribution in [2.24, 2.45) is 0 Å². The van der Waals surface area contributed by atoms with Gasteiger partial charge in [-0.05, 0) is 18.2 Å². The van der Waals surface area contributed by atoms with Gasteiger partial charge in [-0.2, -0.15) is 0 Å². The van der Waals surface area contributed by atoms with Crippen molar-refractivity contribution < 1.29 is 5.11 Å². The lowest BCUT2D eigenvalue weighted by atomic mass is 10.3. The molecule has 0 bridgehead atoms. The molecule has 78 valence electrons. The number of rotatable bonds is 1. The summed E-state index contributed by atoms with van der Waals surface area (Å²) in [4.78, 5) is 0. The average molecular weight is 263 g/mol. The third-order valence-electron chi connectivity index (χ3n) is 1.95. The summed E-state index contributed by atoms with van der Waals surface area (Å²) in [5, 5.41) is 10.9. The van der Waals surface area contributed by atoms with Crippen molar-refractivity contribution in [2.45, 2.75) is 0 Å². The van der Waals surface area contributed by atoms with E-state index >= 15 is 0 Å². The van der Waals surface area contributed by atoms with Crippen LogP contribution in [0.1, 0.15) is 0 Å². The Morgan fingerprint density at radius 3 is 2.40 bits per heavy atom. The number of halogens is 3. The van der Waals surface area contributed by atoms with Gasteiger partial charge in [0.2, 0.25) is 0 Å². The molecular weight excluding hydrogens is 256 g/mol. The van der Waals surface area contributed by atoms with Gasteiger partial charge in [-0.1, -0.05) is 34.8 Å². The number of benzene rings is 1. The second-order valence-electron chi connectivity index (χ2n) is 2.96. The van der Waals surface area contributed by atoms with Gasteiger partial charge in [-0.3, -0.25) is 0 Å². The maximum absolute atomic E-state index is 9.72. The molecule has 5 heteroatoms. The first-order chi connectivity index (χ1) is 7.09. The van der Waals surface area contributed by atoms with E-state index < -0.39 is 0 Å². The summed E-state index contributed by atoms with van der Waals surface area (Å²) in [5.74, 6) is -0.00870. The Balaban J connectivity index is 2.68. The topological polar surface area (TPSA) is 25.2 Å². The lowest BCUT2D eigenvalue weighted by molar-refractivity contribution is 0.472. The molecule has 0 aliphatic heterocycles. The van der Waals surface area contributed by atoms with Crippen LogP contribution in [0.4, 0.5) is 0 Å². The van der Waals surface area contributed by atoms with Gasteiger partial charge in [0.25, 0.3) is 0 Å². The van der Waals surface area contributed by atoms with E-state index in [0.29, 0.717) is 20.9 Å². The van der Waals surface area contributed by atoms with Crippen molar-refractivity contribution >= 4 is 34.8 Å². The van der Waals surface area contributed by atoms with Crippen LogP contribution in [-0.4, -0.2) is 9.67 Å². The monoisotopic (exact) mass is 261 g/mol. The zero-order chi connectivity index (χ0) is 11.0. The molecule has 0 aliphatic rings. The minimum absolute atomic E-state index is 0.00870. The van der Waals surface area contributed by atoms with Crippen LogP contribution >= 0.6 is 34.8 Å². The highest BCUT2D eigenvalue weighted by Crippen LogP contribution is 2.34. The molecule has 1 aromatic carbocycles. The van der Waals surface area contributed by atoms with Crippen LogP contribution in [-0.2, 0) is 0 Å². The van der Waals surface area contributed by atoms with Crippen molar-refractivity contribution in [1.82, 2.24) is 4.57 Å². The molecule has 1 N–H and O–H groups in total. The molecule has 2 nitrogen and oxygen atoms in total. The highest BCUT2D eigenvalue weighted by atomic mass is 35.5. The fourth-order valence-corrected chi connectivity index (χ4v) is 2.12. The second-order valence-corrected chi connectivity index (χ2v) is 4.19. The SMILES string of the molecule is Oc1cc(Cl)cc(Cl)c1-n1cccc1Cl. The quantitative estimate of drug-likeness (QED) is 0.821. The first-order valence-corrected chi connectivity index (χ1v) is 5.24. The molecule has 1 aromatic heterocycles. The second kappa shape index (κ2) is 3.97. The summed E-state index contributed by atoms with van der Waals surface area (Å²) >= 11 is 17.6. The smallest absolute Gasteiger partial charge is 0.142 e. The van der Waals surface area contributed by atoms with Crippen LogP contribution < -0.4 is 0 Å². The average Bonchev–Trinajstić information content (AvgIpc) is 2.50. The van der Waals surface area contributed by atoms with Crippen LogP contribution in [0.3, 0.4) is 0 Å². The number of phenolic OH excluding ortho intramolecular Hbond substituents is 1. The van der Waals surface area contributed by atoms with Gasteiger partial charge in [0, 0.05) is 17.3 Å². The van der Waals surface area contributed by atoms with Gasteiger partial charge in [0.05, 0.1) is 5.02 Å². The van der Waals surface area contributed by atoms with Gasteiger partial charge in [0.1, 0.15) is 16.6 Å². The summed E-state index contributed by atoms with van der Waals surface area (Å²) in [6.45, 7) is 0. The van der Waals surface area contributed by atoms with Crippen LogP contribution in [0.15, 0.2) is 30.5 Å². The number of aromatic hydroxyl groups is 1. The van der Waals surface area contributed by atoms with Gasteiger partial charge in [0.15, 0.2) is 0 Å². The molecule has 1 heterocycles. The summed E-state index contributed by atoms with van der Waals surface area (Å²) in [7, 11) is 0. The fourth-order valence-electron chi connectivity index (χ4n) is 1.33. The van der Waals surface area contributed by atoms with E-state index in [0.717, 1.165) is 0 Å². The van der Waals surface area contributed by atoms with Crippen LogP contribution in [0, 0.1) is 0 Å². The minimum Gasteiger partial charge on any atom is -0.506 e. The molecule has 0 spiro atoms. The van der Waals surface area contributed by atoms with E-state index in [-0.39, 0.29) is 5.75 Å². The van der Waals surface area contributed by atoms with E-state index in [2.05, 4.69) is 0 Å². The Morgan fingerprint density at radius 1 is 1.13 bits per heavy atom. The molecule has 0 atom stereocenters. The Labute approximate surface area is 102 Å². The van der Waals surface area contributed by atoms with E-state index in [1.807, 2.05) is 0 Å². The van der Waals surface area contributed by atoms with Gasteiger partial charge in [-0.15, -0.1) is 0 Å². The molecule has 0 unspecified atom stereocenters. The number of hydrogen-bond donors (Lipinski definition) is 1. The summed E-state index contributed by atoms with van der Waals surface area (Å²) in [6, 6.07) is 6.42. The molecular formula is C10H6Cl3NO. The maximum Gasteiger partial charge on any atom is 0.142 e. The van der Waals surface area contributed by atoms with Crippen LogP contribution in [0.25, 0.3) is 5.69 Å². The van der Waals surface area contributed by atoms with Crippen molar-refractivity contribution in [1.29, 1.82) is 0 Å². The van der Waals surface area contributed by atoms with Crippen LogP contribution in [0.2, 0.25) is 15.2 Å². The standard InChI is InChI=1S/C10H6Cl3NO/c11-6-4-7(12)10(8(15)5-6)14-3-1-2-9(14)13/h1-5,15H. The molecule has 2 rings (SSSR count). The maximum atomic E-state index is 9.72. The van der Waals surface area contributed by atoms with Crippen molar-refractivity contribution in [3.8, 4) is 11.4 Å². The predicted octanol–water partition coefficient (Wildman–Crippen LogP) is 4.14. The summed E-state index contributed by atoms with van der Waals surface area (Å²) in [5.41, 5.74) is 0.427. The molecule has 0 saturated carbocycles. The highest BCUT2D eigenvalue weighted by Gasteiger charge is 2.11. The third kappa shape index (κ3) is 1.93. The van der Waals surface area contributed by atoms with E-state index in [1.54, 1.807) is 29.0 Å². The van der Waals surface area contributed by atoms with Crippen molar-refractivity contribution in [3.63, 3.8) is 0 Å². The largest absolute Gasteiger partial charge is 0.506 e. The zero-order valence-electron chi connectivity index (χ0n) is 7.42. The normalized spacial score (nSPS) is 10.6. The number of hydrogen-bond acceptors (Lipinski definition) is 1. The van der Waals surface area contributed by atoms with Crippen molar-refractivity contribution in [3.05, 3.63) is 45.7 Å². The Hall–Kier alpha value is -0.830. The number of nitrogens with zero attached hydrogens (tertiary/aromatic N) is 1. The lowest BCUT2D eigenvalue weighted by Crippen LogP contribution is -1.93. The van der Waals surface area contributed by atoms with Gasteiger partial charge >= 0.3 is 0 Å². The molecule has 0 fully saturated rings. The van der Waals surface area contributed by atoms with Crippen molar-refractivity contribution in [2.75, 3.05) is 0 Å². The Kier molecular flexibility index (Phi) is 2.83. The van der Waals surface area contributed by atoms with Gasteiger partial charge in [-0.25, -0.2) is 0 Å². The molecule has 0 amide bonds. The molecule has 15 heavy (non-hydrogen) atoms. The minimum atomic E-state index is -0.00870. The highest BCUT2D eigenvalue weighted by molar-refractivity contribution is 6.36. The third-order valence-corrected chi connectivity index (χ3v) is 2.76. The number of phenols is 1. The first-order valence-electron chi connectivity index (χ1n) is 4.11.